The predicted molar refractivity (Wildman–Crippen MR) is 132 cm³/mol. The van der Waals surface area contributed by atoms with Crippen molar-refractivity contribution in [1.82, 2.24) is 9.88 Å². The second-order valence-electron chi connectivity index (χ2n) is 8.44. The minimum absolute atomic E-state index is 0.0760. The number of hydrogen-bond acceptors (Lipinski definition) is 6. The fraction of sp³-hybridized carbons (Fsp3) is 0.250. The molecular formula is C28H26N2O5. The molecule has 1 aliphatic heterocycles. The van der Waals surface area contributed by atoms with E-state index in [2.05, 4.69) is 4.98 Å². The summed E-state index contributed by atoms with van der Waals surface area (Å²) in [4.78, 5) is 33.3. The van der Waals surface area contributed by atoms with Gasteiger partial charge >= 0.3 is 0 Å². The van der Waals surface area contributed by atoms with Gasteiger partial charge in [-0.05, 0) is 62.2 Å². The highest BCUT2D eigenvalue weighted by atomic mass is 16.5. The Bertz CT molecular complexity index is 1460. The van der Waals surface area contributed by atoms with Crippen molar-refractivity contribution in [2.24, 2.45) is 0 Å². The van der Waals surface area contributed by atoms with Gasteiger partial charge in [-0.15, -0.1) is 0 Å². The van der Waals surface area contributed by atoms with Crippen molar-refractivity contribution in [1.29, 1.82) is 0 Å². The maximum atomic E-state index is 13.8. The molecular weight excluding hydrogens is 444 g/mol. The summed E-state index contributed by atoms with van der Waals surface area (Å²) in [5.41, 5.74) is 3.07. The maximum Gasteiger partial charge on any atom is 0.291 e. The van der Waals surface area contributed by atoms with E-state index in [1.165, 1.54) is 0 Å². The number of aromatic nitrogens is 1. The van der Waals surface area contributed by atoms with Crippen LogP contribution < -0.4 is 14.9 Å². The van der Waals surface area contributed by atoms with E-state index in [0.717, 1.165) is 16.7 Å². The molecule has 3 heterocycles. The largest absolute Gasteiger partial charge is 0.490 e. The third-order valence-corrected chi connectivity index (χ3v) is 6.08. The zero-order chi connectivity index (χ0) is 24.5. The summed E-state index contributed by atoms with van der Waals surface area (Å²) in [7, 11) is 0. The summed E-state index contributed by atoms with van der Waals surface area (Å²) in [6, 6.07) is 14.0. The Kier molecular flexibility index (Phi) is 5.99. The van der Waals surface area contributed by atoms with E-state index in [1.807, 2.05) is 57.2 Å². The average Bonchev–Trinajstić information content (AvgIpc) is 3.13. The lowest BCUT2D eigenvalue weighted by Gasteiger charge is -2.26. The number of carbonyl (C=O) groups excluding carboxylic acids is 1. The van der Waals surface area contributed by atoms with Crippen LogP contribution in [0.15, 0.2) is 70.1 Å². The zero-order valence-electron chi connectivity index (χ0n) is 19.9. The van der Waals surface area contributed by atoms with Crippen LogP contribution in [0.2, 0.25) is 0 Å². The van der Waals surface area contributed by atoms with E-state index < -0.39 is 6.04 Å². The molecule has 1 aliphatic rings. The molecule has 0 saturated heterocycles. The summed E-state index contributed by atoms with van der Waals surface area (Å²) in [6.45, 7) is 6.94. The van der Waals surface area contributed by atoms with Crippen molar-refractivity contribution in [3.63, 3.8) is 0 Å². The molecule has 2 aromatic heterocycles. The van der Waals surface area contributed by atoms with Gasteiger partial charge in [0.1, 0.15) is 5.58 Å². The Morgan fingerprint density at radius 1 is 1.00 bits per heavy atom. The molecule has 35 heavy (non-hydrogen) atoms. The number of ether oxygens (including phenoxy) is 2. The molecule has 2 aromatic carbocycles. The van der Waals surface area contributed by atoms with Crippen molar-refractivity contribution in [2.75, 3.05) is 13.2 Å². The zero-order valence-corrected chi connectivity index (χ0v) is 19.9. The smallest absolute Gasteiger partial charge is 0.291 e. The van der Waals surface area contributed by atoms with Gasteiger partial charge in [0.05, 0.1) is 30.2 Å². The molecule has 7 heteroatoms. The summed E-state index contributed by atoms with van der Waals surface area (Å²) < 4.78 is 17.6. The van der Waals surface area contributed by atoms with Gasteiger partial charge in [-0.2, -0.15) is 0 Å². The van der Waals surface area contributed by atoms with Gasteiger partial charge < -0.3 is 18.8 Å². The highest BCUT2D eigenvalue weighted by Gasteiger charge is 2.43. The number of rotatable bonds is 7. The molecule has 0 aliphatic carbocycles. The van der Waals surface area contributed by atoms with Gasteiger partial charge in [0, 0.05) is 18.9 Å². The first-order valence-electron chi connectivity index (χ1n) is 11.7. The lowest BCUT2D eigenvalue weighted by Crippen LogP contribution is -2.29. The van der Waals surface area contributed by atoms with Gasteiger partial charge in [-0.3, -0.25) is 14.6 Å². The predicted octanol–water partition coefficient (Wildman–Crippen LogP) is 5.04. The molecule has 0 unspecified atom stereocenters. The number of amides is 1. The molecule has 0 bridgehead atoms. The quantitative estimate of drug-likeness (QED) is 0.376. The molecule has 0 spiro atoms. The summed E-state index contributed by atoms with van der Waals surface area (Å²) in [5, 5.41) is 0.459. The van der Waals surface area contributed by atoms with Crippen LogP contribution in [0.1, 0.15) is 52.7 Å². The Morgan fingerprint density at radius 3 is 2.54 bits per heavy atom. The molecule has 178 valence electrons. The standard InChI is InChI=1S/C28H26N2O5/c1-4-33-22-11-9-19(14-23(22)34-5-2)25-24-26(31)20-13-17(3)8-10-21(20)35-27(24)28(32)30(25)16-18-7-6-12-29-15-18/h6-15,25H,4-5,16H2,1-3H3/t25-/m1/s1. The first-order chi connectivity index (χ1) is 17.0. The lowest BCUT2D eigenvalue weighted by molar-refractivity contribution is 0.0714. The van der Waals surface area contributed by atoms with Crippen LogP contribution in [0.4, 0.5) is 0 Å². The molecule has 4 aromatic rings. The second-order valence-corrected chi connectivity index (χ2v) is 8.44. The SMILES string of the molecule is CCOc1ccc([C@@H]2c3c(oc4ccc(C)cc4c3=O)C(=O)N2Cc2cccnc2)cc1OCC. The molecule has 1 atom stereocenters. The van der Waals surface area contributed by atoms with Crippen LogP contribution in [0.5, 0.6) is 11.5 Å². The second kappa shape index (κ2) is 9.25. The van der Waals surface area contributed by atoms with Crippen molar-refractivity contribution in [3.05, 3.63) is 99.2 Å². The van der Waals surface area contributed by atoms with Crippen molar-refractivity contribution in [2.45, 2.75) is 33.4 Å². The number of aryl methyl sites for hydroxylation is 1. The molecule has 7 nitrogen and oxygen atoms in total. The van der Waals surface area contributed by atoms with Gasteiger partial charge in [0.25, 0.3) is 5.91 Å². The number of pyridine rings is 1. The Morgan fingerprint density at radius 2 is 1.80 bits per heavy atom. The summed E-state index contributed by atoms with van der Waals surface area (Å²) >= 11 is 0. The fourth-order valence-electron chi connectivity index (χ4n) is 4.57. The van der Waals surface area contributed by atoms with E-state index in [1.54, 1.807) is 29.4 Å². The highest BCUT2D eigenvalue weighted by Crippen LogP contribution is 2.41. The molecule has 1 amide bonds. The maximum absolute atomic E-state index is 13.8. The van der Waals surface area contributed by atoms with Gasteiger partial charge in [-0.1, -0.05) is 23.8 Å². The topological polar surface area (TPSA) is 81.9 Å². The van der Waals surface area contributed by atoms with E-state index in [4.69, 9.17) is 13.9 Å². The number of carbonyl (C=O) groups is 1. The van der Waals surface area contributed by atoms with E-state index >= 15 is 0 Å². The van der Waals surface area contributed by atoms with Crippen LogP contribution >= 0.6 is 0 Å². The normalized spacial score (nSPS) is 14.9. The molecule has 0 fully saturated rings. The number of benzene rings is 2. The van der Waals surface area contributed by atoms with Crippen LogP contribution in [0.25, 0.3) is 11.0 Å². The Labute approximate surface area is 202 Å². The van der Waals surface area contributed by atoms with Crippen molar-refractivity contribution in [3.8, 4) is 11.5 Å². The number of fused-ring (bicyclic) bond motifs is 2. The summed E-state index contributed by atoms with van der Waals surface area (Å²) in [6.07, 6.45) is 3.40. The van der Waals surface area contributed by atoms with Gasteiger partial charge in [0.15, 0.2) is 16.9 Å². The number of nitrogens with zero attached hydrogens (tertiary/aromatic N) is 2. The third kappa shape index (κ3) is 4.03. The van der Waals surface area contributed by atoms with Gasteiger partial charge in [0.2, 0.25) is 5.76 Å². The molecule has 0 N–H and O–H groups in total. The Hall–Kier alpha value is -4.13. The third-order valence-electron chi connectivity index (χ3n) is 6.08. The minimum Gasteiger partial charge on any atom is -0.490 e. The van der Waals surface area contributed by atoms with Crippen molar-refractivity contribution >= 4 is 16.9 Å². The highest BCUT2D eigenvalue weighted by molar-refractivity contribution is 5.99. The van der Waals surface area contributed by atoms with Crippen LogP contribution in [0.3, 0.4) is 0 Å². The van der Waals surface area contributed by atoms with E-state index in [-0.39, 0.29) is 23.6 Å². The van der Waals surface area contributed by atoms with Crippen LogP contribution in [-0.2, 0) is 6.54 Å². The first kappa shape index (κ1) is 22.7. The summed E-state index contributed by atoms with van der Waals surface area (Å²) in [5.74, 6) is 0.921. The van der Waals surface area contributed by atoms with Crippen LogP contribution in [0, 0.1) is 6.92 Å². The average molecular weight is 471 g/mol. The van der Waals surface area contributed by atoms with Gasteiger partial charge in [-0.25, -0.2) is 0 Å². The minimum atomic E-state index is -0.645. The fourth-order valence-corrected chi connectivity index (χ4v) is 4.57. The van der Waals surface area contributed by atoms with Crippen molar-refractivity contribution < 1.29 is 18.7 Å². The molecule has 5 rings (SSSR count). The first-order valence-corrected chi connectivity index (χ1v) is 11.7. The van der Waals surface area contributed by atoms with Crippen LogP contribution in [-0.4, -0.2) is 29.0 Å². The molecule has 0 radical (unpaired) electrons. The number of hydrogen-bond donors (Lipinski definition) is 0. The van der Waals surface area contributed by atoms with E-state index in [0.29, 0.717) is 41.2 Å². The lowest BCUT2D eigenvalue weighted by atomic mass is 9.97. The Balaban J connectivity index is 1.72. The van der Waals surface area contributed by atoms with E-state index in [9.17, 15) is 9.59 Å². The monoisotopic (exact) mass is 470 g/mol. The molecule has 0 saturated carbocycles.